The summed E-state index contributed by atoms with van der Waals surface area (Å²) in [6.07, 6.45) is 0.132. The lowest BCUT2D eigenvalue weighted by molar-refractivity contribution is 0.0997. The first-order valence-electron chi connectivity index (χ1n) is 7.17. The van der Waals surface area contributed by atoms with E-state index in [1.807, 2.05) is 0 Å². The summed E-state index contributed by atoms with van der Waals surface area (Å²) in [4.78, 5) is 12.8. The second-order valence-corrected chi connectivity index (χ2v) is 8.47. The van der Waals surface area contributed by atoms with Crippen molar-refractivity contribution >= 4 is 31.6 Å². The minimum Gasteiger partial charge on any atom is -0.493 e. The molecule has 2 aromatic carbocycles. The average molecular weight is 411 g/mol. The van der Waals surface area contributed by atoms with Gasteiger partial charge in [0.25, 0.3) is 0 Å². The number of Topliss-reactive ketones (excluding diaryl/α,β-unsaturated/α-hetero) is 1. The third-order valence-corrected chi connectivity index (χ3v) is 6.68. The summed E-state index contributed by atoms with van der Waals surface area (Å²) in [5.74, 6) is 0.478. The number of benzene rings is 2. The maximum atomic E-state index is 12.8. The molecule has 0 N–H and O–H groups in total. The molecule has 0 saturated carbocycles. The van der Waals surface area contributed by atoms with Gasteiger partial charge in [0.05, 0.1) is 19.1 Å². The van der Waals surface area contributed by atoms with E-state index < -0.39 is 20.9 Å². The lowest BCUT2D eigenvalue weighted by atomic mass is 10.1. The SMILES string of the molecule is COc1cc2c(cc1OC)C(=O)C(S(=O)(=O)c1ccc(Br)cc1)C2. The van der Waals surface area contributed by atoms with Gasteiger partial charge in [-0.2, -0.15) is 0 Å². The van der Waals surface area contributed by atoms with Gasteiger partial charge in [0.2, 0.25) is 0 Å². The molecule has 126 valence electrons. The van der Waals surface area contributed by atoms with Gasteiger partial charge in [0.1, 0.15) is 5.25 Å². The van der Waals surface area contributed by atoms with Gasteiger partial charge in [-0.15, -0.1) is 0 Å². The van der Waals surface area contributed by atoms with Gasteiger partial charge in [0, 0.05) is 10.0 Å². The highest BCUT2D eigenvalue weighted by Crippen LogP contribution is 2.37. The number of ether oxygens (including phenoxy) is 2. The predicted octanol–water partition coefficient (Wildman–Crippen LogP) is 3.05. The summed E-state index contributed by atoms with van der Waals surface area (Å²) in [5, 5.41) is -1.12. The maximum Gasteiger partial charge on any atom is 0.189 e. The van der Waals surface area contributed by atoms with Crippen molar-refractivity contribution in [3.05, 3.63) is 52.0 Å². The lowest BCUT2D eigenvalue weighted by Crippen LogP contribution is -2.27. The average Bonchev–Trinajstić information content (AvgIpc) is 2.90. The van der Waals surface area contributed by atoms with Gasteiger partial charge in [-0.3, -0.25) is 4.79 Å². The molecule has 24 heavy (non-hydrogen) atoms. The summed E-state index contributed by atoms with van der Waals surface area (Å²) in [7, 11) is -0.794. The molecule has 7 heteroatoms. The van der Waals surface area contributed by atoms with E-state index in [9.17, 15) is 13.2 Å². The summed E-state index contributed by atoms with van der Waals surface area (Å²) < 4.78 is 36.9. The molecular weight excluding hydrogens is 396 g/mol. The van der Waals surface area contributed by atoms with Gasteiger partial charge in [-0.05, 0) is 48.4 Å². The molecule has 0 heterocycles. The number of ketones is 1. The largest absolute Gasteiger partial charge is 0.493 e. The molecule has 0 spiro atoms. The fourth-order valence-corrected chi connectivity index (χ4v) is 4.74. The van der Waals surface area contributed by atoms with Crippen LogP contribution < -0.4 is 9.47 Å². The summed E-state index contributed by atoms with van der Waals surface area (Å²) in [6, 6.07) is 9.50. The third kappa shape index (κ3) is 2.71. The first-order chi connectivity index (χ1) is 11.4. The van der Waals surface area contributed by atoms with Gasteiger partial charge in [-0.1, -0.05) is 15.9 Å². The minimum atomic E-state index is -3.76. The Morgan fingerprint density at radius 3 is 2.21 bits per heavy atom. The van der Waals surface area contributed by atoms with Crippen LogP contribution in [0.5, 0.6) is 11.5 Å². The molecule has 1 aliphatic rings. The predicted molar refractivity (Wildman–Crippen MR) is 92.7 cm³/mol. The number of fused-ring (bicyclic) bond motifs is 1. The number of carbonyl (C=O) groups excluding carboxylic acids is 1. The highest BCUT2D eigenvalue weighted by atomic mass is 79.9. The van der Waals surface area contributed by atoms with Crippen LogP contribution in [-0.2, 0) is 16.3 Å². The molecule has 0 aliphatic heterocycles. The van der Waals surface area contributed by atoms with Crippen LogP contribution in [0, 0.1) is 0 Å². The first kappa shape index (κ1) is 17.0. The van der Waals surface area contributed by atoms with Crippen molar-refractivity contribution in [1.29, 1.82) is 0 Å². The van der Waals surface area contributed by atoms with Crippen molar-refractivity contribution in [2.45, 2.75) is 16.6 Å². The van der Waals surface area contributed by atoms with Crippen LogP contribution in [0.4, 0.5) is 0 Å². The van der Waals surface area contributed by atoms with Crippen molar-refractivity contribution in [3.63, 3.8) is 0 Å². The molecule has 0 aromatic heterocycles. The van der Waals surface area contributed by atoms with Crippen molar-refractivity contribution in [3.8, 4) is 11.5 Å². The number of methoxy groups -OCH3 is 2. The standard InChI is InChI=1S/C17H15BrO5S/c1-22-14-7-10-8-16(17(19)13(10)9-15(14)23-2)24(20,21)12-5-3-11(18)4-6-12/h3-7,9,16H,8H2,1-2H3. The minimum absolute atomic E-state index is 0.132. The molecule has 1 aliphatic carbocycles. The number of sulfone groups is 1. The van der Waals surface area contributed by atoms with Gasteiger partial charge >= 0.3 is 0 Å². The zero-order valence-electron chi connectivity index (χ0n) is 13.1. The normalized spacial score (nSPS) is 16.8. The number of hydrogen-bond donors (Lipinski definition) is 0. The number of carbonyl (C=O) groups is 1. The highest BCUT2D eigenvalue weighted by Gasteiger charge is 2.41. The molecule has 2 aromatic rings. The second kappa shape index (κ2) is 6.22. The molecule has 1 atom stereocenters. The van der Waals surface area contributed by atoms with Crippen LogP contribution in [0.25, 0.3) is 0 Å². The van der Waals surface area contributed by atoms with Gasteiger partial charge in [-0.25, -0.2) is 8.42 Å². The number of halogens is 1. The van der Waals surface area contributed by atoms with E-state index in [-0.39, 0.29) is 11.3 Å². The van der Waals surface area contributed by atoms with Crippen LogP contribution in [0.3, 0.4) is 0 Å². The zero-order chi connectivity index (χ0) is 17.5. The van der Waals surface area contributed by atoms with Gasteiger partial charge < -0.3 is 9.47 Å². The first-order valence-corrected chi connectivity index (χ1v) is 9.51. The van der Waals surface area contributed by atoms with E-state index in [4.69, 9.17) is 9.47 Å². The topological polar surface area (TPSA) is 69.7 Å². The maximum absolute atomic E-state index is 12.8. The van der Waals surface area contributed by atoms with Gasteiger partial charge in [0.15, 0.2) is 27.1 Å². The molecular formula is C17H15BrO5S. The number of rotatable bonds is 4. The highest BCUT2D eigenvalue weighted by molar-refractivity contribution is 9.10. The van der Waals surface area contributed by atoms with E-state index in [0.29, 0.717) is 22.6 Å². The Hall–Kier alpha value is -1.86. The Morgan fingerprint density at radius 2 is 1.62 bits per heavy atom. The van der Waals surface area contributed by atoms with Crippen molar-refractivity contribution in [2.75, 3.05) is 14.2 Å². The van der Waals surface area contributed by atoms with E-state index in [1.54, 1.807) is 24.3 Å². The molecule has 0 amide bonds. The third-order valence-electron chi connectivity index (χ3n) is 4.09. The second-order valence-electron chi connectivity index (χ2n) is 5.42. The Bertz CT molecular complexity index is 903. The summed E-state index contributed by atoms with van der Waals surface area (Å²) in [5.41, 5.74) is 1.03. The Labute approximate surface area is 148 Å². The Balaban J connectivity index is 2.03. The Kier molecular flexibility index (Phi) is 4.40. The van der Waals surface area contributed by atoms with Crippen LogP contribution in [0.2, 0.25) is 0 Å². The molecule has 0 saturated heterocycles. The fourth-order valence-electron chi connectivity index (χ4n) is 2.82. The lowest BCUT2D eigenvalue weighted by Gasteiger charge is -2.10. The van der Waals surface area contributed by atoms with E-state index in [2.05, 4.69) is 15.9 Å². The van der Waals surface area contributed by atoms with Crippen LogP contribution in [0.1, 0.15) is 15.9 Å². The smallest absolute Gasteiger partial charge is 0.189 e. The monoisotopic (exact) mass is 410 g/mol. The molecule has 1 unspecified atom stereocenters. The summed E-state index contributed by atoms with van der Waals surface area (Å²) >= 11 is 3.27. The van der Waals surface area contributed by atoms with Crippen molar-refractivity contribution in [1.82, 2.24) is 0 Å². The van der Waals surface area contributed by atoms with Crippen molar-refractivity contribution in [2.24, 2.45) is 0 Å². The van der Waals surface area contributed by atoms with Crippen molar-refractivity contribution < 1.29 is 22.7 Å². The molecule has 0 fully saturated rings. The van der Waals surface area contributed by atoms with E-state index in [1.165, 1.54) is 26.4 Å². The zero-order valence-corrected chi connectivity index (χ0v) is 15.5. The Morgan fingerprint density at radius 1 is 1.04 bits per heavy atom. The van der Waals surface area contributed by atoms with E-state index in [0.717, 1.165) is 4.47 Å². The molecule has 5 nitrogen and oxygen atoms in total. The number of hydrogen-bond acceptors (Lipinski definition) is 5. The van der Waals surface area contributed by atoms with Crippen LogP contribution in [0.15, 0.2) is 45.8 Å². The van der Waals surface area contributed by atoms with E-state index >= 15 is 0 Å². The quantitative estimate of drug-likeness (QED) is 0.774. The fraction of sp³-hybridized carbons (Fsp3) is 0.235. The molecule has 0 radical (unpaired) electrons. The van der Waals surface area contributed by atoms with Crippen LogP contribution >= 0.6 is 15.9 Å². The van der Waals surface area contributed by atoms with Crippen LogP contribution in [-0.4, -0.2) is 33.7 Å². The summed E-state index contributed by atoms with van der Waals surface area (Å²) in [6.45, 7) is 0. The molecule has 0 bridgehead atoms. The molecule has 3 rings (SSSR count).